The summed E-state index contributed by atoms with van der Waals surface area (Å²) in [4.78, 5) is 1.85. The van der Waals surface area contributed by atoms with Crippen LogP contribution in [0, 0.1) is 11.3 Å². The van der Waals surface area contributed by atoms with Crippen molar-refractivity contribution in [1.29, 1.82) is 5.41 Å². The van der Waals surface area contributed by atoms with Crippen LogP contribution in [0.3, 0.4) is 0 Å². The molecule has 6 heteroatoms. The van der Waals surface area contributed by atoms with E-state index in [1.54, 1.807) is 11.8 Å². The van der Waals surface area contributed by atoms with Gasteiger partial charge in [-0.25, -0.2) is 8.42 Å². The van der Waals surface area contributed by atoms with Gasteiger partial charge in [-0.15, -0.1) is 0 Å². The molecule has 2 aliphatic rings. The molecule has 0 aromatic rings. The third kappa shape index (κ3) is 3.20. The minimum Gasteiger partial charge on any atom is -0.342 e. The highest BCUT2D eigenvalue weighted by molar-refractivity contribution is 8.00. The molecule has 1 aliphatic carbocycles. The fourth-order valence-corrected chi connectivity index (χ4v) is 5.65. The lowest BCUT2D eigenvalue weighted by molar-refractivity contribution is 0.348. The number of hydrogen-bond acceptors (Lipinski definition) is 4. The van der Waals surface area contributed by atoms with E-state index >= 15 is 0 Å². The van der Waals surface area contributed by atoms with Gasteiger partial charge in [-0.3, -0.25) is 5.41 Å². The van der Waals surface area contributed by atoms with Crippen LogP contribution in [0.1, 0.15) is 32.1 Å². The smallest absolute Gasteiger partial charge is 0.169 e. The van der Waals surface area contributed by atoms with E-state index in [4.69, 9.17) is 5.41 Å². The maximum atomic E-state index is 11.8. The molecule has 1 unspecified atom stereocenters. The zero-order valence-corrected chi connectivity index (χ0v) is 12.5. The summed E-state index contributed by atoms with van der Waals surface area (Å²) in [6, 6.07) is 0. The van der Waals surface area contributed by atoms with Gasteiger partial charge in [0, 0.05) is 30.2 Å². The summed E-state index contributed by atoms with van der Waals surface area (Å²) in [5.74, 6) is 2.39. The van der Waals surface area contributed by atoms with Gasteiger partial charge in [0.15, 0.2) is 9.84 Å². The lowest BCUT2D eigenvalue weighted by Crippen LogP contribution is -2.51. The molecule has 18 heavy (non-hydrogen) atoms. The van der Waals surface area contributed by atoms with Crippen molar-refractivity contribution in [3.05, 3.63) is 0 Å². The number of rotatable bonds is 2. The average Bonchev–Trinajstić information content (AvgIpc) is 2.38. The first-order valence-electron chi connectivity index (χ1n) is 6.62. The molecule has 0 radical (unpaired) electrons. The van der Waals surface area contributed by atoms with Gasteiger partial charge in [0.1, 0.15) is 11.2 Å². The Kier molecular flexibility index (Phi) is 4.59. The van der Waals surface area contributed by atoms with E-state index in [9.17, 15) is 8.42 Å². The summed E-state index contributed by atoms with van der Waals surface area (Å²) in [7, 11) is -3.09. The van der Waals surface area contributed by atoms with E-state index in [-0.39, 0.29) is 5.92 Å². The minimum absolute atomic E-state index is 0.283. The van der Waals surface area contributed by atoms with Crippen molar-refractivity contribution in [2.24, 2.45) is 5.92 Å². The molecule has 1 atom stereocenters. The van der Waals surface area contributed by atoms with E-state index in [2.05, 4.69) is 0 Å². The fourth-order valence-electron chi connectivity index (χ4n) is 2.82. The second kappa shape index (κ2) is 5.82. The molecule has 1 N–H and O–H groups in total. The Labute approximate surface area is 114 Å². The molecule has 1 heterocycles. The highest BCUT2D eigenvalue weighted by Crippen LogP contribution is 2.29. The summed E-state index contributed by atoms with van der Waals surface area (Å²) in [6.45, 7) is 0.706. The van der Waals surface area contributed by atoms with Crippen LogP contribution in [0.25, 0.3) is 0 Å². The van der Waals surface area contributed by atoms with Crippen molar-refractivity contribution in [2.75, 3.05) is 24.3 Å². The first-order valence-corrected chi connectivity index (χ1v) is 9.73. The van der Waals surface area contributed by atoms with E-state index in [1.807, 2.05) is 4.90 Å². The van der Waals surface area contributed by atoms with Crippen LogP contribution in [0.2, 0.25) is 0 Å². The maximum absolute atomic E-state index is 11.8. The Morgan fingerprint density at radius 2 is 1.94 bits per heavy atom. The topological polar surface area (TPSA) is 61.2 Å². The van der Waals surface area contributed by atoms with E-state index in [0.29, 0.717) is 18.1 Å². The number of sulfone groups is 1. The lowest BCUT2D eigenvalue weighted by atomic mass is 9.88. The standard InChI is InChI=1S/C12H22N2O2S2/c1-18(15,16)11-9-17-8-7-14(11)12(13)10-5-3-2-4-6-10/h10-11,13H,2-9H2,1H3. The molecule has 2 rings (SSSR count). The Bertz CT molecular complexity index is 402. The fraction of sp³-hybridized carbons (Fsp3) is 0.917. The van der Waals surface area contributed by atoms with Gasteiger partial charge >= 0.3 is 0 Å². The van der Waals surface area contributed by atoms with Crippen LogP contribution in [-0.2, 0) is 9.84 Å². The molecule has 4 nitrogen and oxygen atoms in total. The van der Waals surface area contributed by atoms with Gasteiger partial charge < -0.3 is 4.90 Å². The van der Waals surface area contributed by atoms with Gasteiger partial charge in [-0.1, -0.05) is 19.3 Å². The highest BCUT2D eigenvalue weighted by Gasteiger charge is 2.35. The Morgan fingerprint density at radius 1 is 1.28 bits per heavy atom. The largest absolute Gasteiger partial charge is 0.342 e. The quantitative estimate of drug-likeness (QED) is 0.624. The van der Waals surface area contributed by atoms with Crippen LogP contribution in [0.4, 0.5) is 0 Å². The Balaban J connectivity index is 2.10. The molecule has 0 aromatic heterocycles. The third-order valence-electron chi connectivity index (χ3n) is 3.88. The van der Waals surface area contributed by atoms with Crippen LogP contribution in [0.5, 0.6) is 0 Å². The number of nitrogens with one attached hydrogen (secondary N) is 1. The van der Waals surface area contributed by atoms with Gasteiger partial charge in [0.2, 0.25) is 0 Å². The number of thioether (sulfide) groups is 1. The van der Waals surface area contributed by atoms with Crippen molar-refractivity contribution in [2.45, 2.75) is 37.5 Å². The monoisotopic (exact) mass is 290 g/mol. The molecule has 2 fully saturated rings. The zero-order chi connectivity index (χ0) is 13.2. The number of amidine groups is 1. The van der Waals surface area contributed by atoms with E-state index < -0.39 is 15.2 Å². The summed E-state index contributed by atoms with van der Waals surface area (Å²) < 4.78 is 23.7. The molecule has 0 bridgehead atoms. The van der Waals surface area contributed by atoms with Gasteiger partial charge in [0.25, 0.3) is 0 Å². The maximum Gasteiger partial charge on any atom is 0.169 e. The van der Waals surface area contributed by atoms with Gasteiger partial charge in [0.05, 0.1) is 0 Å². The minimum atomic E-state index is -3.09. The van der Waals surface area contributed by atoms with Crippen molar-refractivity contribution in [1.82, 2.24) is 4.90 Å². The molecule has 0 aromatic carbocycles. The van der Waals surface area contributed by atoms with Crippen molar-refractivity contribution >= 4 is 27.4 Å². The molecule has 0 amide bonds. The normalized spacial score (nSPS) is 27.2. The van der Waals surface area contributed by atoms with E-state index in [1.165, 1.54) is 25.5 Å². The second-order valence-corrected chi connectivity index (χ2v) is 8.63. The molecule has 1 aliphatic heterocycles. The lowest BCUT2D eigenvalue weighted by Gasteiger charge is -2.39. The first-order chi connectivity index (χ1) is 8.50. The predicted octanol–water partition coefficient (Wildman–Crippen LogP) is 1.96. The van der Waals surface area contributed by atoms with Crippen LogP contribution in [-0.4, -0.2) is 48.8 Å². The van der Waals surface area contributed by atoms with Crippen LogP contribution >= 0.6 is 11.8 Å². The van der Waals surface area contributed by atoms with Crippen molar-refractivity contribution in [3.63, 3.8) is 0 Å². The van der Waals surface area contributed by atoms with Crippen LogP contribution < -0.4 is 0 Å². The summed E-state index contributed by atoms with van der Waals surface area (Å²) in [6.07, 6.45) is 7.02. The molecule has 1 saturated carbocycles. The van der Waals surface area contributed by atoms with Crippen molar-refractivity contribution in [3.8, 4) is 0 Å². The molecule has 104 valence electrons. The number of nitrogens with zero attached hydrogens (tertiary/aromatic N) is 1. The summed E-state index contributed by atoms with van der Waals surface area (Å²) >= 11 is 1.68. The van der Waals surface area contributed by atoms with E-state index in [0.717, 1.165) is 18.6 Å². The SMILES string of the molecule is CS(=O)(=O)C1CSCCN1C(=N)C1CCCCC1. The zero-order valence-electron chi connectivity index (χ0n) is 10.9. The molecular formula is C12H22N2O2S2. The van der Waals surface area contributed by atoms with Crippen molar-refractivity contribution < 1.29 is 8.42 Å². The molecule has 1 saturated heterocycles. The number of hydrogen-bond donors (Lipinski definition) is 1. The van der Waals surface area contributed by atoms with Gasteiger partial charge in [-0.05, 0) is 12.8 Å². The third-order valence-corrected chi connectivity index (χ3v) is 6.52. The first kappa shape index (κ1) is 14.2. The molecule has 0 spiro atoms. The average molecular weight is 290 g/mol. The highest BCUT2D eigenvalue weighted by atomic mass is 32.2. The Morgan fingerprint density at radius 3 is 2.56 bits per heavy atom. The summed E-state index contributed by atoms with van der Waals surface area (Å²) in [5, 5.41) is 7.86. The van der Waals surface area contributed by atoms with Gasteiger partial charge in [-0.2, -0.15) is 11.8 Å². The predicted molar refractivity (Wildman–Crippen MR) is 77.0 cm³/mol. The summed E-state index contributed by atoms with van der Waals surface area (Å²) in [5.41, 5.74) is 0. The second-order valence-electron chi connectivity index (χ2n) is 5.27. The van der Waals surface area contributed by atoms with Crippen LogP contribution in [0.15, 0.2) is 0 Å². The Hall–Kier alpha value is -0.230. The molecular weight excluding hydrogens is 268 g/mol.